The Balaban J connectivity index is 0.000000221. The molecular formula is C33H42. The highest BCUT2D eigenvalue weighted by Gasteiger charge is 2.01. The van der Waals surface area contributed by atoms with Gasteiger partial charge < -0.3 is 0 Å². The van der Waals surface area contributed by atoms with Gasteiger partial charge in [0.25, 0.3) is 0 Å². The molecule has 0 spiro atoms. The zero-order valence-electron chi connectivity index (χ0n) is 21.6. The first kappa shape index (κ1) is 26.4. The van der Waals surface area contributed by atoms with Crippen molar-refractivity contribution >= 4 is 10.8 Å². The molecule has 33 heavy (non-hydrogen) atoms. The highest BCUT2D eigenvalue weighted by Crippen LogP contribution is 2.23. The Morgan fingerprint density at radius 3 is 1.55 bits per heavy atom. The second-order valence-corrected chi connectivity index (χ2v) is 8.33. The molecule has 4 aromatic carbocycles. The van der Waals surface area contributed by atoms with E-state index in [1.165, 1.54) is 69.8 Å². The Hall–Kier alpha value is -2.86. The average Bonchev–Trinajstić information content (AvgIpc) is 2.88. The molecule has 0 saturated heterocycles. The average molecular weight is 439 g/mol. The minimum Gasteiger partial charge on any atom is -0.0683 e. The molecule has 0 radical (unpaired) electrons. The van der Waals surface area contributed by atoms with Crippen LogP contribution >= 0.6 is 0 Å². The quantitative estimate of drug-likeness (QED) is 0.281. The molecule has 0 unspecified atom stereocenters. The van der Waals surface area contributed by atoms with E-state index in [-0.39, 0.29) is 0 Å². The van der Waals surface area contributed by atoms with Crippen LogP contribution in [0.4, 0.5) is 0 Å². The summed E-state index contributed by atoms with van der Waals surface area (Å²) in [5.41, 5.74) is 8.31. The van der Waals surface area contributed by atoms with Gasteiger partial charge in [-0.25, -0.2) is 0 Å². The zero-order valence-corrected chi connectivity index (χ0v) is 21.6. The molecule has 0 aliphatic heterocycles. The van der Waals surface area contributed by atoms with E-state index in [1.54, 1.807) is 0 Å². The van der Waals surface area contributed by atoms with E-state index in [0.29, 0.717) is 0 Å². The SMILES string of the molecule is CC.CCCc1ccc(-c2ccc(CC)cc2)cc1.CCCc1ccc(C)c2ccccc12. The lowest BCUT2D eigenvalue weighted by molar-refractivity contribution is 0.922. The molecule has 0 aliphatic carbocycles. The Morgan fingerprint density at radius 1 is 0.515 bits per heavy atom. The summed E-state index contributed by atoms with van der Waals surface area (Å²) in [4.78, 5) is 0. The third-order valence-corrected chi connectivity index (χ3v) is 5.94. The highest BCUT2D eigenvalue weighted by atomic mass is 14.1. The van der Waals surface area contributed by atoms with E-state index in [1.807, 2.05) is 13.8 Å². The Kier molecular flexibility index (Phi) is 11.5. The molecule has 0 nitrogen and oxygen atoms in total. The lowest BCUT2D eigenvalue weighted by Gasteiger charge is -2.07. The lowest BCUT2D eigenvalue weighted by atomic mass is 9.98. The van der Waals surface area contributed by atoms with Crippen LogP contribution in [0.25, 0.3) is 21.9 Å². The first-order valence-electron chi connectivity index (χ1n) is 12.8. The number of fused-ring (bicyclic) bond motifs is 1. The van der Waals surface area contributed by atoms with Crippen LogP contribution in [0.1, 0.15) is 69.7 Å². The minimum absolute atomic E-state index is 1.11. The first-order valence-corrected chi connectivity index (χ1v) is 12.8. The zero-order chi connectivity index (χ0) is 24.1. The lowest BCUT2D eigenvalue weighted by Crippen LogP contribution is -1.87. The van der Waals surface area contributed by atoms with Gasteiger partial charge in [-0.15, -0.1) is 0 Å². The molecule has 0 aliphatic rings. The van der Waals surface area contributed by atoms with Gasteiger partial charge in [-0.3, -0.25) is 0 Å². The van der Waals surface area contributed by atoms with Gasteiger partial charge in [0.2, 0.25) is 0 Å². The molecule has 4 rings (SSSR count). The molecule has 0 heterocycles. The molecule has 0 amide bonds. The van der Waals surface area contributed by atoms with Gasteiger partial charge in [0, 0.05) is 0 Å². The van der Waals surface area contributed by atoms with Crippen molar-refractivity contribution in [3.05, 3.63) is 107 Å². The molecule has 0 fully saturated rings. The number of hydrogen-bond donors (Lipinski definition) is 0. The monoisotopic (exact) mass is 438 g/mol. The predicted molar refractivity (Wildman–Crippen MR) is 149 cm³/mol. The van der Waals surface area contributed by atoms with Crippen molar-refractivity contribution in [3.63, 3.8) is 0 Å². The fourth-order valence-corrected chi connectivity index (χ4v) is 4.08. The Bertz CT molecular complexity index is 1070. The normalized spacial score (nSPS) is 10.1. The summed E-state index contributed by atoms with van der Waals surface area (Å²) in [5.74, 6) is 0. The number of benzene rings is 4. The summed E-state index contributed by atoms with van der Waals surface area (Å²) >= 11 is 0. The van der Waals surface area contributed by atoms with Crippen molar-refractivity contribution in [1.82, 2.24) is 0 Å². The van der Waals surface area contributed by atoms with Gasteiger partial charge in [0.15, 0.2) is 0 Å². The molecular weight excluding hydrogens is 396 g/mol. The van der Waals surface area contributed by atoms with Crippen LogP contribution in [0.2, 0.25) is 0 Å². The largest absolute Gasteiger partial charge is 0.0683 e. The van der Waals surface area contributed by atoms with Gasteiger partial charge in [-0.1, -0.05) is 132 Å². The Labute approximate surface area is 202 Å². The molecule has 4 aromatic rings. The maximum atomic E-state index is 2.27. The van der Waals surface area contributed by atoms with E-state index in [0.717, 1.165) is 6.42 Å². The van der Waals surface area contributed by atoms with Gasteiger partial charge >= 0.3 is 0 Å². The number of rotatable bonds is 6. The molecule has 0 heteroatoms. The van der Waals surface area contributed by atoms with Gasteiger partial charge in [-0.2, -0.15) is 0 Å². The molecule has 0 saturated carbocycles. The van der Waals surface area contributed by atoms with Crippen LogP contribution in [-0.4, -0.2) is 0 Å². The fraction of sp³-hybridized carbons (Fsp3) is 0.333. The minimum atomic E-state index is 1.11. The smallest absolute Gasteiger partial charge is 0.0149 e. The standard InChI is InChI=1S/C17H20.C14H16.C2H6/c1-3-5-15-8-12-17(13-9-15)16-10-6-14(4-2)7-11-16;1-3-6-12-10-9-11(2)13-7-4-5-8-14(12)13;1-2/h6-13H,3-5H2,1-2H3;4-5,7-10H,3,6H2,1-2H3;1-2H3. The summed E-state index contributed by atoms with van der Waals surface area (Å²) in [7, 11) is 0. The highest BCUT2D eigenvalue weighted by molar-refractivity contribution is 5.88. The number of aryl methyl sites for hydroxylation is 4. The maximum absolute atomic E-state index is 2.27. The Morgan fingerprint density at radius 2 is 1.03 bits per heavy atom. The third-order valence-electron chi connectivity index (χ3n) is 5.94. The van der Waals surface area contributed by atoms with Gasteiger partial charge in [0.05, 0.1) is 0 Å². The summed E-state index contributed by atoms with van der Waals surface area (Å²) in [6, 6.07) is 31.0. The summed E-state index contributed by atoms with van der Waals surface area (Å²) in [5, 5.41) is 2.83. The van der Waals surface area contributed by atoms with Crippen molar-refractivity contribution in [1.29, 1.82) is 0 Å². The van der Waals surface area contributed by atoms with Gasteiger partial charge in [-0.05, 0) is 70.3 Å². The predicted octanol–water partition coefficient (Wildman–Crippen LogP) is 10.00. The van der Waals surface area contributed by atoms with Crippen molar-refractivity contribution in [2.75, 3.05) is 0 Å². The van der Waals surface area contributed by atoms with E-state index in [4.69, 9.17) is 0 Å². The van der Waals surface area contributed by atoms with Crippen LogP contribution in [0, 0.1) is 6.92 Å². The molecule has 0 N–H and O–H groups in total. The second kappa shape index (κ2) is 14.3. The van der Waals surface area contributed by atoms with Crippen molar-refractivity contribution in [3.8, 4) is 11.1 Å². The number of hydrogen-bond acceptors (Lipinski definition) is 0. The maximum Gasteiger partial charge on any atom is -0.0149 e. The summed E-state index contributed by atoms with van der Waals surface area (Å²) in [6.45, 7) is 12.8. The van der Waals surface area contributed by atoms with Crippen molar-refractivity contribution < 1.29 is 0 Å². The van der Waals surface area contributed by atoms with Crippen LogP contribution in [0.15, 0.2) is 84.9 Å². The van der Waals surface area contributed by atoms with Crippen LogP contribution in [0.5, 0.6) is 0 Å². The van der Waals surface area contributed by atoms with Crippen molar-refractivity contribution in [2.24, 2.45) is 0 Å². The van der Waals surface area contributed by atoms with E-state index in [9.17, 15) is 0 Å². The van der Waals surface area contributed by atoms with Crippen molar-refractivity contribution in [2.45, 2.75) is 73.6 Å². The van der Waals surface area contributed by atoms with Crippen LogP contribution < -0.4 is 0 Å². The van der Waals surface area contributed by atoms with E-state index >= 15 is 0 Å². The summed E-state index contributed by atoms with van der Waals surface area (Å²) < 4.78 is 0. The molecule has 0 bridgehead atoms. The molecule has 0 atom stereocenters. The fourth-order valence-electron chi connectivity index (χ4n) is 4.08. The second-order valence-electron chi connectivity index (χ2n) is 8.33. The molecule has 0 aromatic heterocycles. The van der Waals surface area contributed by atoms with E-state index in [2.05, 4.69) is 113 Å². The van der Waals surface area contributed by atoms with Crippen LogP contribution in [-0.2, 0) is 19.3 Å². The summed E-state index contributed by atoms with van der Waals surface area (Å²) in [6.07, 6.45) is 5.89. The van der Waals surface area contributed by atoms with E-state index < -0.39 is 0 Å². The molecule has 174 valence electrons. The topological polar surface area (TPSA) is 0 Å². The first-order chi connectivity index (χ1) is 16.2. The van der Waals surface area contributed by atoms with Crippen LogP contribution in [0.3, 0.4) is 0 Å². The van der Waals surface area contributed by atoms with Gasteiger partial charge in [0.1, 0.15) is 0 Å². The third kappa shape index (κ3) is 7.60.